The maximum absolute atomic E-state index is 2.81. The van der Waals surface area contributed by atoms with Crippen LogP contribution in [0.25, 0.3) is 11.1 Å². The predicted molar refractivity (Wildman–Crippen MR) is 215 cm³/mol. The molecule has 264 valence electrons. The first-order valence-electron chi connectivity index (χ1n) is 20.6. The fourth-order valence-corrected chi connectivity index (χ4v) is 13.5. The van der Waals surface area contributed by atoms with Crippen LogP contribution in [0.3, 0.4) is 0 Å². The molecule has 4 fully saturated rings. The lowest BCUT2D eigenvalue weighted by atomic mass is 9.43. The number of hydrogen-bond donors (Lipinski definition) is 0. The first-order chi connectivity index (χ1) is 24.2. The highest BCUT2D eigenvalue weighted by Crippen LogP contribution is 2.70. The zero-order valence-corrected chi connectivity index (χ0v) is 32.6. The van der Waals surface area contributed by atoms with Crippen molar-refractivity contribution in [2.75, 3.05) is 4.90 Å². The number of anilines is 3. The molecular formula is C50H59N. The lowest BCUT2D eigenvalue weighted by Crippen LogP contribution is -2.55. The van der Waals surface area contributed by atoms with E-state index in [1.165, 1.54) is 97.1 Å². The monoisotopic (exact) mass is 673 g/mol. The molecule has 4 saturated carbocycles. The van der Waals surface area contributed by atoms with Crippen molar-refractivity contribution in [1.82, 2.24) is 0 Å². The second-order valence-corrected chi connectivity index (χ2v) is 20.7. The molecule has 1 spiro atoms. The second kappa shape index (κ2) is 10.4. The molecule has 0 N–H and O–H groups in total. The number of benzene rings is 4. The standard InChI is InChI=1S/C50H59N/c1-46(2)22-24-48(5,6)44-38(46)17-12-20-41(44)51(42-21-13-18-39-45(42)49(7,8)25-23-47(39,3)4)40-19-11-16-37-43(40)35-14-9-10-15-36(35)50(37)33-27-31-26-32(29-33)30-34(50)28-31/h9-21,31-34H,22-30H2,1-8H3. The summed E-state index contributed by atoms with van der Waals surface area (Å²) in [5.74, 6) is 3.40. The third-order valence-corrected chi connectivity index (χ3v) is 15.9. The molecule has 4 bridgehead atoms. The van der Waals surface area contributed by atoms with Gasteiger partial charge in [-0.15, -0.1) is 0 Å². The van der Waals surface area contributed by atoms with Crippen LogP contribution in [0.1, 0.15) is 147 Å². The van der Waals surface area contributed by atoms with E-state index in [4.69, 9.17) is 0 Å². The van der Waals surface area contributed by atoms with Crippen molar-refractivity contribution in [3.8, 4) is 11.1 Å². The molecule has 0 saturated heterocycles. The average molecular weight is 674 g/mol. The molecule has 0 radical (unpaired) electrons. The molecule has 0 aromatic heterocycles. The van der Waals surface area contributed by atoms with E-state index in [1.807, 2.05) is 0 Å². The summed E-state index contributed by atoms with van der Waals surface area (Å²) in [6.07, 6.45) is 12.0. The van der Waals surface area contributed by atoms with Crippen molar-refractivity contribution in [2.45, 2.75) is 140 Å². The molecule has 0 unspecified atom stereocenters. The van der Waals surface area contributed by atoms with E-state index in [-0.39, 0.29) is 27.1 Å². The van der Waals surface area contributed by atoms with Crippen LogP contribution < -0.4 is 4.90 Å². The third kappa shape index (κ3) is 4.27. The van der Waals surface area contributed by atoms with Crippen LogP contribution in [0, 0.1) is 23.7 Å². The van der Waals surface area contributed by atoms with Gasteiger partial charge in [0, 0.05) is 11.0 Å². The van der Waals surface area contributed by atoms with Crippen LogP contribution >= 0.6 is 0 Å². The summed E-state index contributed by atoms with van der Waals surface area (Å²) in [4.78, 5) is 2.81. The molecule has 51 heavy (non-hydrogen) atoms. The van der Waals surface area contributed by atoms with Crippen LogP contribution in [0.15, 0.2) is 78.9 Å². The Morgan fingerprint density at radius 1 is 0.431 bits per heavy atom. The van der Waals surface area contributed by atoms with Gasteiger partial charge < -0.3 is 4.90 Å². The Kier molecular flexibility index (Phi) is 6.61. The van der Waals surface area contributed by atoms with E-state index in [0.29, 0.717) is 0 Å². The maximum Gasteiger partial charge on any atom is 0.0543 e. The first-order valence-corrected chi connectivity index (χ1v) is 20.6. The predicted octanol–water partition coefficient (Wildman–Crippen LogP) is 13.6. The third-order valence-electron chi connectivity index (χ3n) is 15.9. The van der Waals surface area contributed by atoms with Crippen LogP contribution in [0.2, 0.25) is 0 Å². The lowest BCUT2D eigenvalue weighted by Gasteiger charge is -2.61. The summed E-state index contributed by atoms with van der Waals surface area (Å²) >= 11 is 0. The van der Waals surface area contributed by atoms with Gasteiger partial charge in [-0.3, -0.25) is 0 Å². The van der Waals surface area contributed by atoms with Crippen molar-refractivity contribution < 1.29 is 0 Å². The highest BCUT2D eigenvalue weighted by Gasteiger charge is 2.62. The van der Waals surface area contributed by atoms with Gasteiger partial charge in [0.15, 0.2) is 0 Å². The fraction of sp³-hybridized carbons (Fsp3) is 0.520. The molecule has 7 aliphatic rings. The summed E-state index contributed by atoms with van der Waals surface area (Å²) in [5.41, 5.74) is 17.3. The van der Waals surface area contributed by atoms with Crippen molar-refractivity contribution >= 4 is 17.1 Å². The van der Waals surface area contributed by atoms with Gasteiger partial charge in [0.2, 0.25) is 0 Å². The number of nitrogens with zero attached hydrogens (tertiary/aromatic N) is 1. The molecule has 1 heteroatoms. The van der Waals surface area contributed by atoms with Gasteiger partial charge in [-0.1, -0.05) is 116 Å². The molecule has 11 rings (SSSR count). The molecule has 4 aromatic rings. The molecular weight excluding hydrogens is 615 g/mol. The lowest BCUT2D eigenvalue weighted by molar-refractivity contribution is -0.0399. The van der Waals surface area contributed by atoms with Crippen molar-refractivity contribution in [2.24, 2.45) is 23.7 Å². The first kappa shape index (κ1) is 32.3. The molecule has 0 atom stereocenters. The smallest absolute Gasteiger partial charge is 0.0543 e. The van der Waals surface area contributed by atoms with Gasteiger partial charge in [0.1, 0.15) is 0 Å². The van der Waals surface area contributed by atoms with Crippen molar-refractivity contribution in [3.05, 3.63) is 112 Å². The Bertz CT molecular complexity index is 1980. The van der Waals surface area contributed by atoms with Gasteiger partial charge in [-0.05, 0) is 160 Å². The van der Waals surface area contributed by atoms with E-state index in [1.54, 1.807) is 22.3 Å². The minimum Gasteiger partial charge on any atom is -0.309 e. The molecule has 7 aliphatic carbocycles. The summed E-state index contributed by atoms with van der Waals surface area (Å²) in [7, 11) is 0. The van der Waals surface area contributed by atoms with Crippen LogP contribution in [0.5, 0.6) is 0 Å². The van der Waals surface area contributed by atoms with E-state index in [2.05, 4.69) is 139 Å². The second-order valence-electron chi connectivity index (χ2n) is 20.7. The van der Waals surface area contributed by atoms with Gasteiger partial charge in [0.25, 0.3) is 0 Å². The minimum atomic E-state index is 0.0713. The Balaban J connectivity index is 1.31. The SMILES string of the molecule is CC1(C)CCC(C)(C)c2c(N(c3cccc4c3-c3ccccc3C43C4CC5CC(C4)CC3C5)c3cccc4c3C(C)(C)CCC4(C)C)cccc21. The van der Waals surface area contributed by atoms with Crippen molar-refractivity contribution in [3.63, 3.8) is 0 Å². The molecule has 0 aliphatic heterocycles. The topological polar surface area (TPSA) is 3.24 Å². The normalized spacial score (nSPS) is 30.7. The van der Waals surface area contributed by atoms with E-state index in [9.17, 15) is 0 Å². The largest absolute Gasteiger partial charge is 0.309 e. The minimum absolute atomic E-state index is 0.0713. The van der Waals surface area contributed by atoms with Crippen molar-refractivity contribution in [1.29, 1.82) is 0 Å². The summed E-state index contributed by atoms with van der Waals surface area (Å²) in [6, 6.07) is 31.9. The molecule has 4 aromatic carbocycles. The van der Waals surface area contributed by atoms with Crippen LogP contribution in [-0.4, -0.2) is 0 Å². The summed E-state index contributed by atoms with van der Waals surface area (Å²) in [6.45, 7) is 20.0. The maximum atomic E-state index is 2.81. The highest BCUT2D eigenvalue weighted by molar-refractivity contribution is 5.97. The van der Waals surface area contributed by atoms with Crippen LogP contribution in [0.4, 0.5) is 17.1 Å². The Hall–Kier alpha value is -3.32. The molecule has 0 heterocycles. The quantitative estimate of drug-likeness (QED) is 0.209. The van der Waals surface area contributed by atoms with E-state index in [0.717, 1.165) is 23.7 Å². The summed E-state index contributed by atoms with van der Waals surface area (Å²) in [5, 5.41) is 0. The Morgan fingerprint density at radius 3 is 1.39 bits per heavy atom. The highest BCUT2D eigenvalue weighted by atomic mass is 15.2. The Labute approximate surface area is 308 Å². The number of hydrogen-bond acceptors (Lipinski definition) is 1. The zero-order valence-electron chi connectivity index (χ0n) is 32.6. The number of fused-ring (bicyclic) bond motifs is 5. The summed E-state index contributed by atoms with van der Waals surface area (Å²) < 4.78 is 0. The van der Waals surface area contributed by atoms with Gasteiger partial charge in [-0.2, -0.15) is 0 Å². The van der Waals surface area contributed by atoms with Gasteiger partial charge >= 0.3 is 0 Å². The zero-order chi connectivity index (χ0) is 35.3. The van der Waals surface area contributed by atoms with Gasteiger partial charge in [-0.25, -0.2) is 0 Å². The molecule has 1 nitrogen and oxygen atoms in total. The Morgan fingerprint density at radius 2 is 0.863 bits per heavy atom. The van der Waals surface area contributed by atoms with Gasteiger partial charge in [0.05, 0.1) is 17.1 Å². The van der Waals surface area contributed by atoms with E-state index >= 15 is 0 Å². The molecule has 0 amide bonds. The van der Waals surface area contributed by atoms with Crippen LogP contribution in [-0.2, 0) is 27.1 Å². The average Bonchev–Trinajstić information content (AvgIpc) is 3.39. The van der Waals surface area contributed by atoms with E-state index < -0.39 is 0 Å². The number of rotatable bonds is 3. The fourth-order valence-electron chi connectivity index (χ4n) is 13.5.